The molecule has 0 aliphatic carbocycles. The van der Waals surface area contributed by atoms with E-state index in [4.69, 9.17) is 4.74 Å². The molecule has 0 saturated heterocycles. The number of aromatic amines is 1. The highest BCUT2D eigenvalue weighted by molar-refractivity contribution is 5.78. The van der Waals surface area contributed by atoms with Crippen molar-refractivity contribution in [2.24, 2.45) is 0 Å². The minimum Gasteiger partial charge on any atom is -0.487 e. The molecule has 0 radical (unpaired) electrons. The maximum Gasteiger partial charge on any atom is 0.148 e. The van der Waals surface area contributed by atoms with E-state index in [1.165, 1.54) is 16.7 Å². The van der Waals surface area contributed by atoms with Crippen molar-refractivity contribution >= 4 is 10.9 Å². The monoisotopic (exact) mass is 449 g/mol. The number of pyridine rings is 1. The van der Waals surface area contributed by atoms with E-state index in [0.717, 1.165) is 60.3 Å². The maximum absolute atomic E-state index is 5.95. The van der Waals surface area contributed by atoms with Crippen molar-refractivity contribution in [2.75, 3.05) is 0 Å². The van der Waals surface area contributed by atoms with Gasteiger partial charge in [0.05, 0.1) is 11.2 Å². The van der Waals surface area contributed by atoms with Gasteiger partial charge >= 0.3 is 0 Å². The summed E-state index contributed by atoms with van der Waals surface area (Å²) in [7, 11) is 0. The number of aromatic nitrogens is 5. The van der Waals surface area contributed by atoms with Crippen molar-refractivity contribution in [3.05, 3.63) is 113 Å². The molecule has 0 unspecified atom stereocenters. The third-order valence-electron chi connectivity index (χ3n) is 5.96. The summed E-state index contributed by atoms with van der Waals surface area (Å²) in [4.78, 5) is 4.67. The van der Waals surface area contributed by atoms with Gasteiger partial charge in [0.2, 0.25) is 0 Å². The Balaban J connectivity index is 1.06. The summed E-state index contributed by atoms with van der Waals surface area (Å²) in [6, 6.07) is 29.5. The lowest BCUT2D eigenvalue weighted by Crippen LogP contribution is -1.98. The molecule has 170 valence electrons. The van der Waals surface area contributed by atoms with Crippen LogP contribution in [0.15, 0.2) is 84.9 Å². The lowest BCUT2D eigenvalue weighted by Gasteiger charge is -2.08. The van der Waals surface area contributed by atoms with Gasteiger partial charge in [-0.1, -0.05) is 60.7 Å². The third-order valence-corrected chi connectivity index (χ3v) is 5.96. The number of tetrazole rings is 1. The number of hydrogen-bond donors (Lipinski definition) is 1. The van der Waals surface area contributed by atoms with Crippen molar-refractivity contribution in [1.29, 1.82) is 0 Å². The van der Waals surface area contributed by atoms with Crippen LogP contribution in [-0.4, -0.2) is 25.6 Å². The van der Waals surface area contributed by atoms with Crippen molar-refractivity contribution in [1.82, 2.24) is 25.6 Å². The van der Waals surface area contributed by atoms with E-state index in [0.29, 0.717) is 6.61 Å². The highest BCUT2D eigenvalue weighted by Gasteiger charge is 2.03. The van der Waals surface area contributed by atoms with Crippen molar-refractivity contribution in [3.8, 4) is 5.75 Å². The fraction of sp³-hybridized carbons (Fsp3) is 0.214. The van der Waals surface area contributed by atoms with Crippen LogP contribution in [0.2, 0.25) is 0 Å². The van der Waals surface area contributed by atoms with Crippen LogP contribution < -0.4 is 4.74 Å². The molecule has 5 rings (SSSR count). The third kappa shape index (κ3) is 5.84. The van der Waals surface area contributed by atoms with Gasteiger partial charge in [0, 0.05) is 11.8 Å². The van der Waals surface area contributed by atoms with Gasteiger partial charge in [-0.05, 0) is 77.1 Å². The Hall–Kier alpha value is -4.06. The first-order valence-electron chi connectivity index (χ1n) is 11.7. The predicted octanol–water partition coefficient (Wildman–Crippen LogP) is 5.29. The molecule has 34 heavy (non-hydrogen) atoms. The van der Waals surface area contributed by atoms with Gasteiger partial charge in [0.15, 0.2) is 0 Å². The molecule has 3 aromatic carbocycles. The Morgan fingerprint density at radius 3 is 2.12 bits per heavy atom. The lowest BCUT2D eigenvalue weighted by atomic mass is 10.0. The zero-order chi connectivity index (χ0) is 23.0. The standard InChI is InChI=1S/C28H27N5O/c1-2-7-27-24(6-1)15-16-25(29-27)20-34-26-17-12-22(13-18-26)5-3-4-21-8-10-23(11-9-21)14-19-28-30-32-33-31-28/h1-2,6-13,15-18H,3-5,14,19-20H2,(H,30,31,32,33). The molecule has 0 atom stereocenters. The molecule has 0 spiro atoms. The second-order valence-electron chi connectivity index (χ2n) is 8.45. The van der Waals surface area contributed by atoms with E-state index in [1.807, 2.05) is 24.3 Å². The number of nitrogens with one attached hydrogen (secondary N) is 1. The number of ether oxygens (including phenoxy) is 1. The van der Waals surface area contributed by atoms with E-state index < -0.39 is 0 Å². The van der Waals surface area contributed by atoms with Crippen LogP contribution in [0, 0.1) is 0 Å². The molecular weight excluding hydrogens is 422 g/mol. The van der Waals surface area contributed by atoms with E-state index in [-0.39, 0.29) is 0 Å². The first kappa shape index (κ1) is 21.8. The highest BCUT2D eigenvalue weighted by atomic mass is 16.5. The molecular formula is C28H27N5O. The highest BCUT2D eigenvalue weighted by Crippen LogP contribution is 2.17. The number of rotatable bonds is 10. The summed E-state index contributed by atoms with van der Waals surface area (Å²) < 4.78 is 5.95. The quantitative estimate of drug-likeness (QED) is 0.314. The largest absolute Gasteiger partial charge is 0.487 e. The predicted molar refractivity (Wildman–Crippen MR) is 133 cm³/mol. The van der Waals surface area contributed by atoms with E-state index in [1.54, 1.807) is 0 Å². The molecule has 1 N–H and O–H groups in total. The maximum atomic E-state index is 5.95. The van der Waals surface area contributed by atoms with Gasteiger partial charge in [-0.2, -0.15) is 0 Å². The number of fused-ring (bicyclic) bond motifs is 1. The van der Waals surface area contributed by atoms with Crippen LogP contribution in [0.1, 0.15) is 34.6 Å². The van der Waals surface area contributed by atoms with E-state index >= 15 is 0 Å². The molecule has 0 aliphatic heterocycles. The summed E-state index contributed by atoms with van der Waals surface area (Å²) in [6.07, 6.45) is 4.99. The number of H-pyrrole nitrogens is 1. The van der Waals surface area contributed by atoms with Crippen molar-refractivity contribution < 1.29 is 4.74 Å². The molecule has 2 heterocycles. The summed E-state index contributed by atoms with van der Waals surface area (Å²) in [6.45, 7) is 0.468. The van der Waals surface area contributed by atoms with E-state index in [9.17, 15) is 0 Å². The molecule has 0 aliphatic rings. The molecule has 6 nitrogen and oxygen atoms in total. The molecule has 0 amide bonds. The van der Waals surface area contributed by atoms with Crippen molar-refractivity contribution in [3.63, 3.8) is 0 Å². The minimum absolute atomic E-state index is 0.468. The molecule has 5 aromatic rings. The number of benzene rings is 3. The van der Waals surface area contributed by atoms with Crippen LogP contribution in [0.3, 0.4) is 0 Å². The Kier molecular flexibility index (Phi) is 6.85. The van der Waals surface area contributed by atoms with Crippen molar-refractivity contribution in [2.45, 2.75) is 38.7 Å². The Morgan fingerprint density at radius 2 is 1.38 bits per heavy atom. The SMILES string of the molecule is c1ccc2nc(COc3ccc(CCCc4ccc(CCc5nnn[nH]5)cc4)cc3)ccc2c1. The fourth-order valence-electron chi connectivity index (χ4n) is 4.01. The van der Waals surface area contributed by atoms with Crippen LogP contribution in [0.5, 0.6) is 5.75 Å². The van der Waals surface area contributed by atoms with Crippen LogP contribution >= 0.6 is 0 Å². The second-order valence-corrected chi connectivity index (χ2v) is 8.45. The van der Waals surface area contributed by atoms with Crippen LogP contribution in [0.4, 0.5) is 0 Å². The zero-order valence-corrected chi connectivity index (χ0v) is 19.0. The normalized spacial score (nSPS) is 11.1. The van der Waals surface area contributed by atoms with Gasteiger partial charge in [-0.25, -0.2) is 10.1 Å². The summed E-state index contributed by atoms with van der Waals surface area (Å²) in [5.41, 5.74) is 5.93. The second kappa shape index (κ2) is 10.7. The first-order chi connectivity index (χ1) is 16.8. The number of hydrogen-bond acceptors (Lipinski definition) is 5. The molecule has 0 fully saturated rings. The zero-order valence-electron chi connectivity index (χ0n) is 19.0. The van der Waals surface area contributed by atoms with E-state index in [2.05, 4.69) is 86.3 Å². The Morgan fingerprint density at radius 1 is 0.676 bits per heavy atom. The molecule has 0 bridgehead atoms. The Bertz CT molecular complexity index is 1320. The summed E-state index contributed by atoms with van der Waals surface area (Å²) >= 11 is 0. The molecule has 0 saturated carbocycles. The minimum atomic E-state index is 0.468. The number of aryl methyl sites for hydroxylation is 4. The van der Waals surface area contributed by atoms with Gasteiger partial charge in [-0.3, -0.25) is 0 Å². The Labute approximate surface area is 199 Å². The topological polar surface area (TPSA) is 76.6 Å². The summed E-state index contributed by atoms with van der Waals surface area (Å²) in [5, 5.41) is 15.1. The molecule has 2 aromatic heterocycles. The smallest absolute Gasteiger partial charge is 0.148 e. The van der Waals surface area contributed by atoms with Gasteiger partial charge in [0.25, 0.3) is 0 Å². The number of para-hydroxylation sites is 1. The average Bonchev–Trinajstić information content (AvgIpc) is 3.41. The average molecular weight is 450 g/mol. The first-order valence-corrected chi connectivity index (χ1v) is 11.7. The van der Waals surface area contributed by atoms with Gasteiger partial charge in [0.1, 0.15) is 18.2 Å². The van der Waals surface area contributed by atoms with Gasteiger partial charge in [-0.15, -0.1) is 5.10 Å². The lowest BCUT2D eigenvalue weighted by molar-refractivity contribution is 0.301. The summed E-state index contributed by atoms with van der Waals surface area (Å²) in [5.74, 6) is 1.70. The van der Waals surface area contributed by atoms with Gasteiger partial charge < -0.3 is 4.74 Å². The number of nitrogens with zero attached hydrogens (tertiary/aromatic N) is 4. The fourth-order valence-corrected chi connectivity index (χ4v) is 4.01. The van der Waals surface area contributed by atoms with Crippen LogP contribution in [-0.2, 0) is 32.3 Å². The van der Waals surface area contributed by atoms with Crippen LogP contribution in [0.25, 0.3) is 10.9 Å². The molecule has 6 heteroatoms.